The van der Waals surface area contributed by atoms with E-state index in [1.54, 1.807) is 61.5 Å². The van der Waals surface area contributed by atoms with Crippen LogP contribution in [0.15, 0.2) is 64.7 Å². The number of ketones is 1. The predicted octanol–water partition coefficient (Wildman–Crippen LogP) is 3.63. The summed E-state index contributed by atoms with van der Waals surface area (Å²) in [5.41, 5.74) is 0.859. The van der Waals surface area contributed by atoms with Gasteiger partial charge in [-0.2, -0.15) is 0 Å². The van der Waals surface area contributed by atoms with Crippen molar-refractivity contribution in [3.63, 3.8) is 0 Å². The SMILES string of the molecule is COc1cccc(C(O)=C2C(=O)C(=O)N(c3cc(C)on3)[C@H]2c2cccc(OC)c2)c1. The molecule has 3 aromatic rings. The van der Waals surface area contributed by atoms with Crippen molar-refractivity contribution < 1.29 is 28.7 Å². The highest BCUT2D eigenvalue weighted by Crippen LogP contribution is 2.42. The van der Waals surface area contributed by atoms with Crippen LogP contribution in [0.3, 0.4) is 0 Å². The number of aryl methyl sites for hydroxylation is 1. The number of Topliss-reactive ketones (excluding diaryl/α,β-unsaturated/α-hetero) is 1. The zero-order chi connectivity index (χ0) is 22.1. The molecule has 4 rings (SSSR count). The van der Waals surface area contributed by atoms with Crippen LogP contribution in [0, 0.1) is 6.92 Å². The fourth-order valence-electron chi connectivity index (χ4n) is 3.59. The maximum absolute atomic E-state index is 13.1. The van der Waals surface area contributed by atoms with Crippen molar-refractivity contribution in [2.45, 2.75) is 13.0 Å². The van der Waals surface area contributed by atoms with Crippen LogP contribution in [0.5, 0.6) is 11.5 Å². The van der Waals surface area contributed by atoms with Gasteiger partial charge in [0, 0.05) is 11.6 Å². The number of aromatic nitrogens is 1. The molecule has 2 heterocycles. The number of amides is 1. The van der Waals surface area contributed by atoms with Crippen LogP contribution in [0.4, 0.5) is 5.82 Å². The lowest BCUT2D eigenvalue weighted by atomic mass is 9.95. The molecule has 0 radical (unpaired) electrons. The number of aliphatic hydroxyl groups excluding tert-OH is 1. The summed E-state index contributed by atoms with van der Waals surface area (Å²) in [5.74, 6) is -0.248. The molecule has 0 spiro atoms. The molecular weight excluding hydrogens is 400 g/mol. The van der Waals surface area contributed by atoms with Crippen LogP contribution >= 0.6 is 0 Å². The fourth-order valence-corrected chi connectivity index (χ4v) is 3.59. The first-order chi connectivity index (χ1) is 14.9. The Hall–Kier alpha value is -4.07. The van der Waals surface area contributed by atoms with Crippen molar-refractivity contribution in [1.82, 2.24) is 5.16 Å². The first-order valence-corrected chi connectivity index (χ1v) is 9.47. The minimum absolute atomic E-state index is 0.0628. The summed E-state index contributed by atoms with van der Waals surface area (Å²) in [7, 11) is 3.02. The van der Waals surface area contributed by atoms with E-state index >= 15 is 0 Å². The molecule has 1 aliphatic rings. The van der Waals surface area contributed by atoms with Gasteiger partial charge in [-0.1, -0.05) is 29.4 Å². The molecule has 1 N–H and O–H groups in total. The Morgan fingerprint density at radius 1 is 1.03 bits per heavy atom. The van der Waals surface area contributed by atoms with Crippen LogP contribution < -0.4 is 14.4 Å². The summed E-state index contributed by atoms with van der Waals surface area (Å²) in [6.07, 6.45) is 0. The zero-order valence-corrected chi connectivity index (χ0v) is 17.2. The number of carbonyl (C=O) groups excluding carboxylic acids is 2. The number of ether oxygens (including phenoxy) is 2. The molecule has 8 nitrogen and oxygen atoms in total. The molecule has 0 unspecified atom stereocenters. The van der Waals surface area contributed by atoms with Crippen molar-refractivity contribution in [2.24, 2.45) is 0 Å². The minimum Gasteiger partial charge on any atom is -0.507 e. The van der Waals surface area contributed by atoms with Crippen molar-refractivity contribution in [3.05, 3.63) is 77.1 Å². The Bertz CT molecular complexity index is 1200. The van der Waals surface area contributed by atoms with Crippen LogP contribution in [0.25, 0.3) is 5.76 Å². The van der Waals surface area contributed by atoms with E-state index < -0.39 is 17.7 Å². The van der Waals surface area contributed by atoms with Gasteiger partial charge in [-0.15, -0.1) is 0 Å². The van der Waals surface area contributed by atoms with E-state index in [1.807, 2.05) is 0 Å². The molecule has 1 aliphatic heterocycles. The Morgan fingerprint density at radius 2 is 1.71 bits per heavy atom. The number of rotatable bonds is 5. The van der Waals surface area contributed by atoms with E-state index in [9.17, 15) is 14.7 Å². The highest BCUT2D eigenvalue weighted by atomic mass is 16.5. The van der Waals surface area contributed by atoms with Crippen molar-refractivity contribution in [1.29, 1.82) is 0 Å². The Kier molecular flexibility index (Phi) is 5.21. The first-order valence-electron chi connectivity index (χ1n) is 9.47. The van der Waals surface area contributed by atoms with Gasteiger partial charge in [-0.05, 0) is 36.8 Å². The van der Waals surface area contributed by atoms with Gasteiger partial charge in [0.2, 0.25) is 0 Å². The van der Waals surface area contributed by atoms with E-state index in [2.05, 4.69) is 5.16 Å². The lowest BCUT2D eigenvalue weighted by Gasteiger charge is -2.23. The standard InChI is InChI=1S/C23H20N2O6/c1-13-10-18(24-31-13)25-20(14-6-4-8-16(11-14)29-2)19(22(27)23(25)28)21(26)15-7-5-9-17(12-15)30-3/h4-12,20,26H,1-3H3/t20-/m0/s1. The van der Waals surface area contributed by atoms with E-state index in [1.165, 1.54) is 19.1 Å². The van der Waals surface area contributed by atoms with E-state index in [0.717, 1.165) is 0 Å². The van der Waals surface area contributed by atoms with E-state index in [-0.39, 0.29) is 17.2 Å². The molecule has 2 aromatic carbocycles. The topological polar surface area (TPSA) is 102 Å². The summed E-state index contributed by atoms with van der Waals surface area (Å²) in [4.78, 5) is 27.3. The first kappa shape index (κ1) is 20.2. The summed E-state index contributed by atoms with van der Waals surface area (Å²) >= 11 is 0. The number of hydrogen-bond donors (Lipinski definition) is 1. The van der Waals surface area contributed by atoms with Crippen molar-refractivity contribution in [2.75, 3.05) is 19.1 Å². The quantitative estimate of drug-likeness (QED) is 0.382. The molecule has 0 aliphatic carbocycles. The van der Waals surface area contributed by atoms with Gasteiger partial charge < -0.3 is 19.1 Å². The molecule has 31 heavy (non-hydrogen) atoms. The van der Waals surface area contributed by atoms with E-state index in [4.69, 9.17) is 14.0 Å². The van der Waals surface area contributed by atoms with Gasteiger partial charge in [0.05, 0.1) is 25.8 Å². The van der Waals surface area contributed by atoms with Crippen LogP contribution in [-0.2, 0) is 9.59 Å². The number of carbonyl (C=O) groups is 2. The molecule has 158 valence electrons. The van der Waals surface area contributed by atoms with Crippen molar-refractivity contribution >= 4 is 23.3 Å². The fraction of sp³-hybridized carbons (Fsp3) is 0.174. The smallest absolute Gasteiger partial charge is 0.301 e. The lowest BCUT2D eigenvalue weighted by molar-refractivity contribution is -0.132. The number of benzene rings is 2. The third kappa shape index (κ3) is 3.52. The van der Waals surface area contributed by atoms with Crippen molar-refractivity contribution in [3.8, 4) is 11.5 Å². The molecule has 1 amide bonds. The van der Waals surface area contributed by atoms with Gasteiger partial charge >= 0.3 is 5.91 Å². The van der Waals surface area contributed by atoms with Crippen LogP contribution in [0.2, 0.25) is 0 Å². The summed E-state index contributed by atoms with van der Waals surface area (Å²) in [5, 5.41) is 15.0. The van der Waals surface area contributed by atoms with Crippen LogP contribution in [0.1, 0.15) is 22.9 Å². The molecular formula is C23H20N2O6. The molecule has 8 heteroatoms. The second kappa shape index (κ2) is 7.98. The number of hydrogen-bond acceptors (Lipinski definition) is 7. The average Bonchev–Trinajstić information content (AvgIpc) is 3.34. The van der Waals surface area contributed by atoms with Gasteiger partial charge in [0.1, 0.15) is 23.0 Å². The minimum atomic E-state index is -0.925. The number of methoxy groups -OCH3 is 2. The zero-order valence-electron chi connectivity index (χ0n) is 17.2. The van der Waals surface area contributed by atoms with E-state index in [0.29, 0.717) is 28.4 Å². The Morgan fingerprint density at radius 3 is 2.35 bits per heavy atom. The lowest BCUT2D eigenvalue weighted by Crippen LogP contribution is -2.29. The molecule has 1 atom stereocenters. The summed E-state index contributed by atoms with van der Waals surface area (Å²) in [6, 6.07) is 14.2. The number of aliphatic hydroxyl groups is 1. The molecule has 1 saturated heterocycles. The average molecular weight is 420 g/mol. The Labute approximate surface area is 178 Å². The summed E-state index contributed by atoms with van der Waals surface area (Å²) < 4.78 is 15.6. The van der Waals surface area contributed by atoms with Gasteiger partial charge in [-0.25, -0.2) is 0 Å². The number of anilines is 1. The van der Waals surface area contributed by atoms with Gasteiger partial charge in [0.25, 0.3) is 5.78 Å². The predicted molar refractivity (Wildman–Crippen MR) is 112 cm³/mol. The highest BCUT2D eigenvalue weighted by molar-refractivity contribution is 6.51. The second-order valence-electron chi connectivity index (χ2n) is 6.97. The highest BCUT2D eigenvalue weighted by Gasteiger charge is 2.48. The maximum atomic E-state index is 13.1. The Balaban J connectivity index is 1.95. The largest absolute Gasteiger partial charge is 0.507 e. The maximum Gasteiger partial charge on any atom is 0.301 e. The number of nitrogens with zero attached hydrogens (tertiary/aromatic N) is 2. The van der Waals surface area contributed by atoms with Crippen LogP contribution in [-0.4, -0.2) is 36.2 Å². The third-order valence-corrected chi connectivity index (χ3v) is 5.06. The normalized spacial score (nSPS) is 17.8. The summed E-state index contributed by atoms with van der Waals surface area (Å²) in [6.45, 7) is 1.68. The molecule has 1 aromatic heterocycles. The van der Waals surface area contributed by atoms with Gasteiger partial charge in [0.15, 0.2) is 5.82 Å². The monoisotopic (exact) mass is 420 g/mol. The molecule has 1 fully saturated rings. The van der Waals surface area contributed by atoms with Gasteiger partial charge in [-0.3, -0.25) is 14.5 Å². The third-order valence-electron chi connectivity index (χ3n) is 5.06. The molecule has 0 bridgehead atoms. The second-order valence-corrected chi connectivity index (χ2v) is 6.97. The molecule has 0 saturated carbocycles.